The molecular formula is C17H31NO2. The molecule has 1 N–H and O–H groups in total. The second kappa shape index (κ2) is 7.44. The molecule has 2 fully saturated rings. The van der Waals surface area contributed by atoms with Crippen LogP contribution in [0.15, 0.2) is 0 Å². The van der Waals surface area contributed by atoms with Gasteiger partial charge < -0.3 is 10.0 Å². The maximum Gasteiger partial charge on any atom is 0.310 e. The van der Waals surface area contributed by atoms with Crippen LogP contribution in [-0.2, 0) is 4.79 Å². The van der Waals surface area contributed by atoms with Gasteiger partial charge in [-0.1, -0.05) is 44.9 Å². The monoisotopic (exact) mass is 281 g/mol. The molecule has 3 heteroatoms. The predicted molar refractivity (Wildman–Crippen MR) is 81.8 cm³/mol. The molecule has 2 aliphatic rings. The number of hydrogen-bond acceptors (Lipinski definition) is 2. The third-order valence-corrected chi connectivity index (χ3v) is 5.38. The van der Waals surface area contributed by atoms with Crippen molar-refractivity contribution in [3.63, 3.8) is 0 Å². The average molecular weight is 281 g/mol. The molecule has 0 unspecified atom stereocenters. The average Bonchev–Trinajstić information content (AvgIpc) is 2.66. The number of rotatable bonds is 5. The molecule has 2 aliphatic carbocycles. The molecule has 0 atom stereocenters. The fraction of sp³-hybridized carbons (Fsp3) is 0.941. The molecule has 116 valence electrons. The molecule has 0 bridgehead atoms. The number of carbonyl (C=O) groups is 1. The van der Waals surface area contributed by atoms with Crippen molar-refractivity contribution in [2.75, 3.05) is 20.1 Å². The molecule has 0 radical (unpaired) electrons. The smallest absolute Gasteiger partial charge is 0.310 e. The van der Waals surface area contributed by atoms with Crippen LogP contribution in [0.2, 0.25) is 0 Å². The van der Waals surface area contributed by atoms with Crippen molar-refractivity contribution in [3.8, 4) is 0 Å². The zero-order valence-corrected chi connectivity index (χ0v) is 13.1. The van der Waals surface area contributed by atoms with Crippen LogP contribution in [0.25, 0.3) is 0 Å². The summed E-state index contributed by atoms with van der Waals surface area (Å²) < 4.78 is 0. The number of hydrogen-bond donors (Lipinski definition) is 1. The van der Waals surface area contributed by atoms with E-state index in [9.17, 15) is 9.90 Å². The minimum Gasteiger partial charge on any atom is -0.481 e. The highest BCUT2D eigenvalue weighted by Crippen LogP contribution is 2.36. The topological polar surface area (TPSA) is 40.5 Å². The van der Waals surface area contributed by atoms with Crippen LogP contribution >= 0.6 is 0 Å². The van der Waals surface area contributed by atoms with Gasteiger partial charge in [0.25, 0.3) is 0 Å². The van der Waals surface area contributed by atoms with Crippen LogP contribution < -0.4 is 0 Å². The molecular weight excluding hydrogens is 250 g/mol. The Kier molecular flexibility index (Phi) is 5.88. The van der Waals surface area contributed by atoms with E-state index in [1.165, 1.54) is 44.9 Å². The molecule has 0 aromatic carbocycles. The van der Waals surface area contributed by atoms with Crippen molar-refractivity contribution in [2.24, 2.45) is 11.3 Å². The van der Waals surface area contributed by atoms with E-state index >= 15 is 0 Å². The molecule has 0 heterocycles. The Morgan fingerprint density at radius 1 is 1.05 bits per heavy atom. The highest BCUT2D eigenvalue weighted by atomic mass is 16.4. The third-order valence-electron chi connectivity index (χ3n) is 5.38. The first-order valence-corrected chi connectivity index (χ1v) is 8.54. The fourth-order valence-corrected chi connectivity index (χ4v) is 4.24. The second-order valence-electron chi connectivity index (χ2n) is 7.20. The van der Waals surface area contributed by atoms with Crippen LogP contribution in [-0.4, -0.2) is 36.1 Å². The SMILES string of the molecule is CN(CC1CCCCC1)CC1(C(=O)O)CCCCCC1. The van der Waals surface area contributed by atoms with Crippen LogP contribution in [0.1, 0.15) is 70.6 Å². The molecule has 0 saturated heterocycles. The van der Waals surface area contributed by atoms with Crippen molar-refractivity contribution in [1.82, 2.24) is 4.90 Å². The number of aliphatic carboxylic acids is 1. The van der Waals surface area contributed by atoms with Gasteiger partial charge in [-0.15, -0.1) is 0 Å². The lowest BCUT2D eigenvalue weighted by molar-refractivity contribution is -0.151. The third kappa shape index (κ3) is 4.21. The maximum atomic E-state index is 11.8. The summed E-state index contributed by atoms with van der Waals surface area (Å²) in [5.74, 6) is 0.236. The van der Waals surface area contributed by atoms with Crippen molar-refractivity contribution >= 4 is 5.97 Å². The van der Waals surface area contributed by atoms with Crippen molar-refractivity contribution < 1.29 is 9.90 Å². The summed E-state index contributed by atoms with van der Waals surface area (Å²) in [6.45, 7) is 1.84. The maximum absolute atomic E-state index is 11.8. The van der Waals surface area contributed by atoms with Crippen LogP contribution in [0.4, 0.5) is 0 Å². The summed E-state index contributed by atoms with van der Waals surface area (Å²) in [5.41, 5.74) is -0.472. The van der Waals surface area contributed by atoms with Gasteiger partial charge in [-0.05, 0) is 38.6 Å². The molecule has 0 aromatic rings. The highest BCUT2D eigenvalue weighted by Gasteiger charge is 2.39. The quantitative estimate of drug-likeness (QED) is 0.776. The highest BCUT2D eigenvalue weighted by molar-refractivity contribution is 5.75. The number of carboxylic acid groups (broad SMARTS) is 1. The Balaban J connectivity index is 1.90. The molecule has 2 saturated carbocycles. The van der Waals surface area contributed by atoms with Gasteiger partial charge in [-0.25, -0.2) is 0 Å². The first-order valence-electron chi connectivity index (χ1n) is 8.54. The Bertz CT molecular complexity index is 302. The van der Waals surface area contributed by atoms with E-state index in [0.717, 1.165) is 44.7 Å². The van der Waals surface area contributed by atoms with Crippen LogP contribution in [0, 0.1) is 11.3 Å². The molecule has 20 heavy (non-hydrogen) atoms. The lowest BCUT2D eigenvalue weighted by Crippen LogP contribution is -2.43. The first kappa shape index (κ1) is 15.8. The molecule has 0 aliphatic heterocycles. The summed E-state index contributed by atoms with van der Waals surface area (Å²) >= 11 is 0. The van der Waals surface area contributed by atoms with E-state index < -0.39 is 11.4 Å². The largest absolute Gasteiger partial charge is 0.481 e. The fourth-order valence-electron chi connectivity index (χ4n) is 4.24. The summed E-state index contributed by atoms with van der Waals surface area (Å²) in [6.07, 6.45) is 13.1. The van der Waals surface area contributed by atoms with Gasteiger partial charge in [0.05, 0.1) is 5.41 Å². The van der Waals surface area contributed by atoms with Crippen molar-refractivity contribution in [2.45, 2.75) is 70.6 Å². The van der Waals surface area contributed by atoms with Crippen LogP contribution in [0.5, 0.6) is 0 Å². The molecule has 0 spiro atoms. The summed E-state index contributed by atoms with van der Waals surface area (Å²) in [6, 6.07) is 0. The van der Waals surface area contributed by atoms with E-state index in [0.29, 0.717) is 0 Å². The van der Waals surface area contributed by atoms with Crippen molar-refractivity contribution in [1.29, 1.82) is 0 Å². The van der Waals surface area contributed by atoms with Crippen molar-refractivity contribution in [3.05, 3.63) is 0 Å². The lowest BCUT2D eigenvalue weighted by Gasteiger charge is -2.35. The Hall–Kier alpha value is -0.570. The molecule has 2 rings (SSSR count). The van der Waals surface area contributed by atoms with Gasteiger partial charge in [0.15, 0.2) is 0 Å². The number of nitrogens with zero attached hydrogens (tertiary/aromatic N) is 1. The predicted octanol–water partition coefficient (Wildman–Crippen LogP) is 3.92. The minimum absolute atomic E-state index is 0.472. The molecule has 0 aromatic heterocycles. The normalized spacial score (nSPS) is 24.5. The molecule has 3 nitrogen and oxygen atoms in total. The Morgan fingerprint density at radius 3 is 2.15 bits per heavy atom. The zero-order chi connectivity index (χ0) is 14.4. The summed E-state index contributed by atoms with van der Waals surface area (Å²) in [4.78, 5) is 14.1. The molecule has 0 amide bonds. The van der Waals surface area contributed by atoms with Gasteiger partial charge in [0, 0.05) is 13.1 Å². The van der Waals surface area contributed by atoms with Gasteiger partial charge >= 0.3 is 5.97 Å². The second-order valence-corrected chi connectivity index (χ2v) is 7.20. The minimum atomic E-state index is -0.560. The Morgan fingerprint density at radius 2 is 1.60 bits per heavy atom. The van der Waals surface area contributed by atoms with Crippen LogP contribution in [0.3, 0.4) is 0 Å². The number of carboxylic acids is 1. The summed E-state index contributed by atoms with van der Waals surface area (Å²) in [7, 11) is 2.13. The van der Waals surface area contributed by atoms with Gasteiger partial charge in [-0.2, -0.15) is 0 Å². The van der Waals surface area contributed by atoms with Gasteiger partial charge in [-0.3, -0.25) is 4.79 Å². The summed E-state index contributed by atoms with van der Waals surface area (Å²) in [5, 5.41) is 9.74. The van der Waals surface area contributed by atoms with Gasteiger partial charge in [0.2, 0.25) is 0 Å². The zero-order valence-electron chi connectivity index (χ0n) is 13.1. The van der Waals surface area contributed by atoms with Gasteiger partial charge in [0.1, 0.15) is 0 Å². The lowest BCUT2D eigenvalue weighted by atomic mass is 9.79. The van der Waals surface area contributed by atoms with E-state index in [-0.39, 0.29) is 0 Å². The Labute approximate surface area is 123 Å². The standard InChI is InChI=1S/C17H31NO2/c1-18(13-15-9-5-4-6-10-15)14-17(16(19)20)11-7-2-3-8-12-17/h15H,2-14H2,1H3,(H,19,20). The first-order chi connectivity index (χ1) is 9.62. The van der Waals surface area contributed by atoms with E-state index in [2.05, 4.69) is 11.9 Å². The van der Waals surface area contributed by atoms with E-state index in [4.69, 9.17) is 0 Å². The van der Waals surface area contributed by atoms with E-state index in [1.54, 1.807) is 0 Å². The van der Waals surface area contributed by atoms with E-state index in [1.807, 2.05) is 0 Å².